The summed E-state index contributed by atoms with van der Waals surface area (Å²) in [6.45, 7) is 2.80. The molecule has 1 aliphatic rings. The van der Waals surface area contributed by atoms with Crippen molar-refractivity contribution in [2.75, 3.05) is 18.4 Å². The van der Waals surface area contributed by atoms with Gasteiger partial charge in [-0.05, 0) is 44.5 Å². The molecule has 1 amide bonds. The van der Waals surface area contributed by atoms with E-state index in [0.717, 1.165) is 6.42 Å². The van der Waals surface area contributed by atoms with Gasteiger partial charge in [0.05, 0.1) is 12.0 Å². The quantitative estimate of drug-likeness (QED) is 0.889. The van der Waals surface area contributed by atoms with Gasteiger partial charge < -0.3 is 10.4 Å². The molecule has 22 heavy (non-hydrogen) atoms. The number of benzene rings is 1. The van der Waals surface area contributed by atoms with Crippen LogP contribution in [0, 0.1) is 11.7 Å². The number of nitrogens with one attached hydrogen (secondary N) is 1. The third kappa shape index (κ3) is 4.68. The lowest BCUT2D eigenvalue weighted by atomic mass is 9.97. The van der Waals surface area contributed by atoms with E-state index in [1.54, 1.807) is 13.0 Å². The van der Waals surface area contributed by atoms with Gasteiger partial charge in [0.2, 0.25) is 5.91 Å². The predicted molar refractivity (Wildman–Crippen MR) is 83.7 cm³/mol. The Morgan fingerprint density at radius 3 is 2.82 bits per heavy atom. The first-order valence-electron chi connectivity index (χ1n) is 7.00. The van der Waals surface area contributed by atoms with E-state index in [9.17, 15) is 14.0 Å². The van der Waals surface area contributed by atoms with E-state index in [4.69, 9.17) is 5.11 Å². The molecule has 1 saturated heterocycles. The Kier molecular flexibility index (Phi) is 6.77. The number of halogens is 2. The summed E-state index contributed by atoms with van der Waals surface area (Å²) in [6, 6.07) is 5.25. The van der Waals surface area contributed by atoms with Crippen molar-refractivity contribution in [2.24, 2.45) is 5.92 Å². The van der Waals surface area contributed by atoms with Crippen LogP contribution in [0.4, 0.5) is 10.1 Å². The fourth-order valence-electron chi connectivity index (χ4n) is 2.54. The molecule has 0 aromatic heterocycles. The number of piperidine rings is 1. The van der Waals surface area contributed by atoms with E-state index in [1.165, 1.54) is 18.2 Å². The Balaban J connectivity index is 0.00000242. The maximum Gasteiger partial charge on any atom is 0.307 e. The van der Waals surface area contributed by atoms with Gasteiger partial charge in [-0.3, -0.25) is 14.5 Å². The molecule has 2 N–H and O–H groups in total. The minimum Gasteiger partial charge on any atom is -0.481 e. The largest absolute Gasteiger partial charge is 0.481 e. The number of amides is 1. The summed E-state index contributed by atoms with van der Waals surface area (Å²) >= 11 is 0. The number of hydrogen-bond acceptors (Lipinski definition) is 3. The van der Waals surface area contributed by atoms with Gasteiger partial charge in [0, 0.05) is 12.2 Å². The van der Waals surface area contributed by atoms with E-state index < -0.39 is 23.7 Å². The first-order chi connectivity index (χ1) is 9.97. The summed E-state index contributed by atoms with van der Waals surface area (Å²) in [7, 11) is 0. The van der Waals surface area contributed by atoms with Crippen molar-refractivity contribution in [3.8, 4) is 0 Å². The lowest BCUT2D eigenvalue weighted by Gasteiger charge is -2.34. The van der Waals surface area contributed by atoms with Gasteiger partial charge in [-0.15, -0.1) is 12.4 Å². The number of carboxylic acids is 1. The van der Waals surface area contributed by atoms with Crippen LogP contribution in [-0.4, -0.2) is 41.0 Å². The third-order valence-electron chi connectivity index (χ3n) is 3.82. The number of nitrogens with zero attached hydrogens (tertiary/aromatic N) is 1. The molecule has 0 radical (unpaired) electrons. The van der Waals surface area contributed by atoms with Crippen LogP contribution < -0.4 is 5.32 Å². The Morgan fingerprint density at radius 1 is 1.45 bits per heavy atom. The highest BCUT2D eigenvalue weighted by Gasteiger charge is 2.30. The first kappa shape index (κ1) is 18.4. The van der Waals surface area contributed by atoms with Crippen LogP contribution >= 0.6 is 12.4 Å². The Hall–Kier alpha value is -1.66. The monoisotopic (exact) mass is 330 g/mol. The summed E-state index contributed by atoms with van der Waals surface area (Å²) in [5, 5.41) is 11.7. The number of hydrogen-bond donors (Lipinski definition) is 2. The number of rotatable bonds is 4. The zero-order valence-corrected chi connectivity index (χ0v) is 13.1. The van der Waals surface area contributed by atoms with Crippen LogP contribution in [0.15, 0.2) is 24.3 Å². The van der Waals surface area contributed by atoms with Crippen LogP contribution in [0.2, 0.25) is 0 Å². The smallest absolute Gasteiger partial charge is 0.307 e. The molecule has 1 aromatic carbocycles. The molecule has 122 valence electrons. The summed E-state index contributed by atoms with van der Waals surface area (Å²) in [5.74, 6) is -1.92. The lowest BCUT2D eigenvalue weighted by molar-refractivity contribution is -0.144. The molecule has 0 aliphatic carbocycles. The van der Waals surface area contributed by atoms with E-state index in [-0.39, 0.29) is 18.3 Å². The van der Waals surface area contributed by atoms with E-state index in [1.807, 2.05) is 4.90 Å². The number of carboxylic acid groups (broad SMARTS) is 1. The van der Waals surface area contributed by atoms with Crippen molar-refractivity contribution < 1.29 is 19.1 Å². The number of carbonyl (C=O) groups excluding carboxylic acids is 1. The van der Waals surface area contributed by atoms with Crippen LogP contribution in [0.3, 0.4) is 0 Å². The van der Waals surface area contributed by atoms with Gasteiger partial charge in [0.25, 0.3) is 0 Å². The topological polar surface area (TPSA) is 69.6 Å². The van der Waals surface area contributed by atoms with Crippen molar-refractivity contribution in [2.45, 2.75) is 25.8 Å². The molecular formula is C15H20ClFN2O3. The zero-order chi connectivity index (χ0) is 15.4. The second kappa shape index (κ2) is 8.10. The second-order valence-electron chi connectivity index (χ2n) is 5.35. The van der Waals surface area contributed by atoms with Gasteiger partial charge >= 0.3 is 5.97 Å². The van der Waals surface area contributed by atoms with Crippen LogP contribution in [-0.2, 0) is 9.59 Å². The average molecular weight is 331 g/mol. The molecule has 1 aromatic rings. The van der Waals surface area contributed by atoms with Crippen molar-refractivity contribution >= 4 is 30.0 Å². The molecule has 1 aliphatic heterocycles. The van der Waals surface area contributed by atoms with Crippen molar-refractivity contribution in [3.63, 3.8) is 0 Å². The number of anilines is 1. The molecule has 0 saturated carbocycles. The number of likely N-dealkylation sites (tertiary alicyclic amines) is 1. The molecule has 1 heterocycles. The summed E-state index contributed by atoms with van der Waals surface area (Å²) in [6.07, 6.45) is 1.40. The summed E-state index contributed by atoms with van der Waals surface area (Å²) in [5.41, 5.74) is 0.402. The molecule has 1 fully saturated rings. The van der Waals surface area contributed by atoms with Crippen LogP contribution in [0.25, 0.3) is 0 Å². The predicted octanol–water partition coefficient (Wildman–Crippen LogP) is 2.37. The Bertz CT molecular complexity index is 541. The van der Waals surface area contributed by atoms with Crippen LogP contribution in [0.5, 0.6) is 0 Å². The molecule has 2 rings (SSSR count). The van der Waals surface area contributed by atoms with Gasteiger partial charge in [-0.1, -0.05) is 6.07 Å². The standard InChI is InChI=1S/C15H19FN2O3.ClH/c1-10(18-7-3-4-11(9-18)15(20)21)14(19)17-13-6-2-5-12(16)8-13;/h2,5-6,8,10-11H,3-4,7,9H2,1H3,(H,17,19)(H,20,21);1H. The van der Waals surface area contributed by atoms with Crippen LogP contribution in [0.1, 0.15) is 19.8 Å². The van der Waals surface area contributed by atoms with Crippen molar-refractivity contribution in [3.05, 3.63) is 30.1 Å². The van der Waals surface area contributed by atoms with Gasteiger partial charge in [0.15, 0.2) is 0 Å². The van der Waals surface area contributed by atoms with E-state index in [2.05, 4.69) is 5.32 Å². The SMILES string of the molecule is CC(C(=O)Nc1cccc(F)c1)N1CCCC(C(=O)O)C1.Cl. The summed E-state index contributed by atoms with van der Waals surface area (Å²) < 4.78 is 13.1. The van der Waals surface area contributed by atoms with Gasteiger partial charge in [0.1, 0.15) is 5.82 Å². The van der Waals surface area contributed by atoms with Gasteiger partial charge in [-0.25, -0.2) is 4.39 Å². The third-order valence-corrected chi connectivity index (χ3v) is 3.82. The highest BCUT2D eigenvalue weighted by atomic mass is 35.5. The molecular weight excluding hydrogens is 311 g/mol. The fraction of sp³-hybridized carbons (Fsp3) is 0.467. The fourth-order valence-corrected chi connectivity index (χ4v) is 2.54. The van der Waals surface area contributed by atoms with Crippen molar-refractivity contribution in [1.29, 1.82) is 0 Å². The molecule has 2 unspecified atom stereocenters. The Morgan fingerprint density at radius 2 is 2.18 bits per heavy atom. The minimum atomic E-state index is -0.822. The van der Waals surface area contributed by atoms with Gasteiger partial charge in [-0.2, -0.15) is 0 Å². The molecule has 0 spiro atoms. The maximum absolute atomic E-state index is 13.1. The number of aliphatic carboxylic acids is 1. The van der Waals surface area contributed by atoms with E-state index >= 15 is 0 Å². The molecule has 7 heteroatoms. The lowest BCUT2D eigenvalue weighted by Crippen LogP contribution is -2.48. The maximum atomic E-state index is 13.1. The minimum absolute atomic E-state index is 0. The molecule has 5 nitrogen and oxygen atoms in total. The first-order valence-corrected chi connectivity index (χ1v) is 7.00. The second-order valence-corrected chi connectivity index (χ2v) is 5.35. The molecule has 0 bridgehead atoms. The highest BCUT2D eigenvalue weighted by Crippen LogP contribution is 2.19. The van der Waals surface area contributed by atoms with E-state index in [0.29, 0.717) is 25.2 Å². The summed E-state index contributed by atoms with van der Waals surface area (Å²) in [4.78, 5) is 25.1. The van der Waals surface area contributed by atoms with Crippen molar-refractivity contribution in [1.82, 2.24) is 4.90 Å². The average Bonchev–Trinajstić information content (AvgIpc) is 2.46. The Labute approximate surface area is 134 Å². The zero-order valence-electron chi connectivity index (χ0n) is 12.3. The molecule has 2 atom stereocenters. The number of carbonyl (C=O) groups is 2. The highest BCUT2D eigenvalue weighted by molar-refractivity contribution is 5.94. The normalized spacial score (nSPS) is 19.8.